The van der Waals surface area contributed by atoms with Gasteiger partial charge in [-0.05, 0) is 65.2 Å². The number of amides is 1. The van der Waals surface area contributed by atoms with Crippen LogP contribution in [0.3, 0.4) is 0 Å². The second kappa shape index (κ2) is 12.6. The van der Waals surface area contributed by atoms with Gasteiger partial charge in [-0.15, -0.1) is 0 Å². The maximum Gasteiger partial charge on any atom is 0.271 e. The molecule has 0 spiro atoms. The minimum Gasteiger partial charge on any atom is -0.493 e. The van der Waals surface area contributed by atoms with E-state index in [1.807, 2.05) is 50.2 Å². The molecule has 0 saturated carbocycles. The molecule has 0 atom stereocenters. The molecule has 178 valence electrons. The molecular weight excluding hydrogens is 564 g/mol. The number of hydrogen-bond donors (Lipinski definition) is 1. The second-order valence-corrected chi connectivity index (χ2v) is 9.26. The lowest BCUT2D eigenvalue weighted by Gasteiger charge is -2.12. The summed E-state index contributed by atoms with van der Waals surface area (Å²) in [6.07, 6.45) is 2.43. The molecule has 3 rings (SSSR count). The topological polar surface area (TPSA) is 69.2 Å². The van der Waals surface area contributed by atoms with Crippen molar-refractivity contribution in [3.63, 3.8) is 0 Å². The fourth-order valence-electron chi connectivity index (χ4n) is 3.03. The van der Waals surface area contributed by atoms with Gasteiger partial charge < -0.3 is 14.2 Å². The molecule has 0 heterocycles. The Balaban J connectivity index is 1.72. The molecule has 1 amide bonds. The molecule has 0 aromatic heterocycles. The third kappa shape index (κ3) is 7.08. The molecule has 0 aliphatic rings. The first kappa shape index (κ1) is 25.8. The number of benzene rings is 3. The Hall–Kier alpha value is -2.84. The fraction of sp³-hybridized carbons (Fsp3) is 0.231. The van der Waals surface area contributed by atoms with Gasteiger partial charge in [-0.25, -0.2) is 5.43 Å². The van der Waals surface area contributed by atoms with E-state index in [0.717, 1.165) is 20.9 Å². The number of hydrogen-bond acceptors (Lipinski definition) is 5. The maximum atomic E-state index is 12.6. The van der Waals surface area contributed by atoms with Crippen molar-refractivity contribution in [3.8, 4) is 17.2 Å². The quantitative estimate of drug-likeness (QED) is 0.212. The van der Waals surface area contributed by atoms with E-state index >= 15 is 0 Å². The lowest BCUT2D eigenvalue weighted by atomic mass is 10.1. The summed E-state index contributed by atoms with van der Waals surface area (Å²) in [5.74, 6) is 1.35. The minimum atomic E-state index is -0.368. The van der Waals surface area contributed by atoms with E-state index in [0.29, 0.717) is 41.6 Å². The number of methoxy groups -OCH3 is 1. The third-order valence-corrected chi connectivity index (χ3v) is 5.84. The van der Waals surface area contributed by atoms with Crippen LogP contribution in [-0.2, 0) is 6.61 Å². The molecule has 3 aromatic carbocycles. The monoisotopic (exact) mass is 588 g/mol. The van der Waals surface area contributed by atoms with E-state index in [9.17, 15) is 4.79 Å². The number of nitrogens with zero attached hydrogens (tertiary/aromatic N) is 1. The number of nitrogens with one attached hydrogen (secondary N) is 1. The highest BCUT2D eigenvalue weighted by molar-refractivity contribution is 9.11. The van der Waals surface area contributed by atoms with Gasteiger partial charge in [0, 0.05) is 15.6 Å². The Morgan fingerprint density at radius 3 is 2.50 bits per heavy atom. The van der Waals surface area contributed by atoms with Gasteiger partial charge >= 0.3 is 0 Å². The van der Waals surface area contributed by atoms with Crippen molar-refractivity contribution in [2.45, 2.75) is 26.9 Å². The molecule has 6 nitrogen and oxygen atoms in total. The highest BCUT2D eigenvalue weighted by atomic mass is 79.9. The van der Waals surface area contributed by atoms with Crippen LogP contribution < -0.4 is 19.6 Å². The first-order valence-corrected chi connectivity index (χ1v) is 12.3. The van der Waals surface area contributed by atoms with E-state index in [1.165, 1.54) is 12.7 Å². The summed E-state index contributed by atoms with van der Waals surface area (Å²) < 4.78 is 18.7. The molecule has 3 aromatic rings. The zero-order valence-corrected chi connectivity index (χ0v) is 22.4. The number of carbonyl (C=O) groups excluding carboxylic acids is 1. The maximum absolute atomic E-state index is 12.6. The summed E-state index contributed by atoms with van der Waals surface area (Å²) in [6, 6.07) is 16.9. The molecule has 8 heteroatoms. The number of hydrazone groups is 1. The molecule has 0 radical (unpaired) electrons. The summed E-state index contributed by atoms with van der Waals surface area (Å²) in [4.78, 5) is 12.6. The normalized spacial score (nSPS) is 10.9. The SMILES string of the molecule is CCCOc1ccc(C(=O)N/N=C/c2cc(Br)cc(Br)c2OCc2ccc(C)cc2)cc1OC. The van der Waals surface area contributed by atoms with Crippen LogP contribution in [0.1, 0.15) is 40.4 Å². The Bertz CT molecular complexity index is 1160. The summed E-state index contributed by atoms with van der Waals surface area (Å²) in [6.45, 7) is 5.04. The van der Waals surface area contributed by atoms with E-state index in [1.54, 1.807) is 24.4 Å². The van der Waals surface area contributed by atoms with E-state index in [4.69, 9.17) is 14.2 Å². The van der Waals surface area contributed by atoms with Gasteiger partial charge in [-0.3, -0.25) is 4.79 Å². The standard InChI is InChI=1S/C26H26Br2N2O4/c1-4-11-33-23-10-9-19(13-24(23)32-3)26(31)30-29-15-20-12-21(27)14-22(28)25(20)34-16-18-7-5-17(2)6-8-18/h5-10,12-15H,4,11,16H2,1-3H3,(H,30,31)/b29-15+. The first-order chi connectivity index (χ1) is 16.4. The summed E-state index contributed by atoms with van der Waals surface area (Å²) in [7, 11) is 1.54. The van der Waals surface area contributed by atoms with Crippen LogP contribution in [-0.4, -0.2) is 25.8 Å². The van der Waals surface area contributed by atoms with Gasteiger partial charge in [-0.2, -0.15) is 5.10 Å². The van der Waals surface area contributed by atoms with Gasteiger partial charge in [0.05, 0.1) is 24.4 Å². The Labute approximate surface area is 216 Å². The van der Waals surface area contributed by atoms with Gasteiger partial charge in [-0.1, -0.05) is 52.7 Å². The molecule has 0 saturated heterocycles. The zero-order valence-electron chi connectivity index (χ0n) is 19.2. The van der Waals surface area contributed by atoms with Gasteiger partial charge in [0.2, 0.25) is 0 Å². The summed E-state index contributed by atoms with van der Waals surface area (Å²) in [5, 5.41) is 4.14. The number of rotatable bonds is 10. The Morgan fingerprint density at radius 2 is 1.79 bits per heavy atom. The summed E-state index contributed by atoms with van der Waals surface area (Å²) in [5.41, 5.74) is 5.91. The number of ether oxygens (including phenoxy) is 3. The highest BCUT2D eigenvalue weighted by Gasteiger charge is 2.12. The molecule has 1 N–H and O–H groups in total. The van der Waals surface area contributed by atoms with Crippen molar-refractivity contribution in [2.75, 3.05) is 13.7 Å². The van der Waals surface area contributed by atoms with Crippen LogP contribution in [0.15, 0.2) is 68.6 Å². The largest absolute Gasteiger partial charge is 0.493 e. The third-order valence-electron chi connectivity index (χ3n) is 4.80. The predicted molar refractivity (Wildman–Crippen MR) is 141 cm³/mol. The lowest BCUT2D eigenvalue weighted by Crippen LogP contribution is -2.17. The van der Waals surface area contributed by atoms with Crippen molar-refractivity contribution in [1.29, 1.82) is 0 Å². The average molecular weight is 590 g/mol. The van der Waals surface area contributed by atoms with Crippen LogP contribution in [0, 0.1) is 6.92 Å². The van der Waals surface area contributed by atoms with Gasteiger partial charge in [0.15, 0.2) is 11.5 Å². The van der Waals surface area contributed by atoms with E-state index in [-0.39, 0.29) is 5.91 Å². The van der Waals surface area contributed by atoms with Gasteiger partial charge in [0.25, 0.3) is 5.91 Å². The van der Waals surface area contributed by atoms with Crippen LogP contribution in [0.2, 0.25) is 0 Å². The highest BCUT2D eigenvalue weighted by Crippen LogP contribution is 2.33. The molecule has 0 bridgehead atoms. The lowest BCUT2D eigenvalue weighted by molar-refractivity contribution is 0.0954. The van der Waals surface area contributed by atoms with Crippen molar-refractivity contribution in [3.05, 3.63) is 85.8 Å². The van der Waals surface area contributed by atoms with Crippen LogP contribution in [0.4, 0.5) is 0 Å². The first-order valence-electron chi connectivity index (χ1n) is 10.7. The van der Waals surface area contributed by atoms with Crippen molar-refractivity contribution in [2.24, 2.45) is 5.10 Å². The summed E-state index contributed by atoms with van der Waals surface area (Å²) >= 11 is 7.04. The molecule has 0 unspecified atom stereocenters. The Kier molecular flexibility index (Phi) is 9.53. The van der Waals surface area contributed by atoms with E-state index < -0.39 is 0 Å². The minimum absolute atomic E-state index is 0.368. The van der Waals surface area contributed by atoms with Crippen LogP contribution >= 0.6 is 31.9 Å². The second-order valence-electron chi connectivity index (χ2n) is 7.49. The number of carbonyl (C=O) groups is 1. The number of aryl methyl sites for hydroxylation is 1. The average Bonchev–Trinajstić information content (AvgIpc) is 2.83. The molecule has 34 heavy (non-hydrogen) atoms. The fourth-order valence-corrected chi connectivity index (χ4v) is 4.41. The van der Waals surface area contributed by atoms with Crippen LogP contribution in [0.25, 0.3) is 0 Å². The van der Waals surface area contributed by atoms with Crippen molar-refractivity contribution >= 4 is 44.0 Å². The van der Waals surface area contributed by atoms with Crippen molar-refractivity contribution < 1.29 is 19.0 Å². The molecular formula is C26H26Br2N2O4. The Morgan fingerprint density at radius 1 is 1.03 bits per heavy atom. The van der Waals surface area contributed by atoms with Crippen LogP contribution in [0.5, 0.6) is 17.2 Å². The molecule has 0 aliphatic heterocycles. The number of halogens is 2. The molecule has 0 aliphatic carbocycles. The van der Waals surface area contributed by atoms with E-state index in [2.05, 4.69) is 42.4 Å². The molecule has 0 fully saturated rings. The van der Waals surface area contributed by atoms with Gasteiger partial charge in [0.1, 0.15) is 12.4 Å². The predicted octanol–water partition coefficient (Wildman–Crippen LogP) is 6.66. The zero-order chi connectivity index (χ0) is 24.5. The smallest absolute Gasteiger partial charge is 0.271 e. The van der Waals surface area contributed by atoms with Crippen molar-refractivity contribution in [1.82, 2.24) is 5.43 Å².